The Bertz CT molecular complexity index is 814. The van der Waals surface area contributed by atoms with Crippen LogP contribution in [0.4, 0.5) is 0 Å². The summed E-state index contributed by atoms with van der Waals surface area (Å²) in [4.78, 5) is 15.0. The minimum Gasteiger partial charge on any atom is -0.304 e. The second kappa shape index (κ2) is 8.67. The van der Waals surface area contributed by atoms with E-state index in [2.05, 4.69) is 24.2 Å². The Morgan fingerprint density at radius 1 is 1.11 bits per heavy atom. The van der Waals surface area contributed by atoms with Gasteiger partial charge in [-0.3, -0.25) is 10.2 Å². The highest BCUT2D eigenvalue weighted by Gasteiger charge is 2.32. The summed E-state index contributed by atoms with van der Waals surface area (Å²) in [5.74, 6) is 0.239. The molecular weight excluding hydrogens is 400 g/mol. The van der Waals surface area contributed by atoms with Crippen molar-refractivity contribution in [2.24, 2.45) is 11.8 Å². The van der Waals surface area contributed by atoms with Gasteiger partial charge in [0.05, 0.1) is 15.5 Å². The summed E-state index contributed by atoms with van der Waals surface area (Å²) in [6.45, 7) is 8.25. The highest BCUT2D eigenvalue weighted by molar-refractivity contribution is 7.89. The van der Waals surface area contributed by atoms with Crippen molar-refractivity contribution < 1.29 is 13.2 Å². The number of rotatable bonds is 4. The third kappa shape index (κ3) is 4.86. The predicted octanol–water partition coefficient (Wildman–Crippen LogP) is 1.90. The number of carbonyl (C=O) groups is 1. The topological polar surface area (TPSA) is 73.0 Å². The number of hydrogen-bond donors (Lipinski definition) is 1. The average Bonchev–Trinajstić information content (AvgIpc) is 2.63. The van der Waals surface area contributed by atoms with Crippen LogP contribution in [0.15, 0.2) is 23.1 Å². The van der Waals surface area contributed by atoms with Crippen LogP contribution in [0.3, 0.4) is 0 Å². The zero-order valence-electron chi connectivity index (χ0n) is 16.7. The zero-order valence-corrected chi connectivity index (χ0v) is 18.3. The highest BCUT2D eigenvalue weighted by atomic mass is 35.5. The SMILES string of the molecule is C[C@@H]1C[C@@H](C)CN(S(=O)(=O)c2ccc(Cl)c(C(=O)NN3CCN(C)CC3)c2)C1. The molecule has 2 fully saturated rings. The lowest BCUT2D eigenvalue weighted by Gasteiger charge is -2.34. The van der Waals surface area contributed by atoms with E-state index in [0.29, 0.717) is 38.0 Å². The molecule has 1 aromatic carbocycles. The first-order chi connectivity index (χ1) is 13.2. The number of benzene rings is 1. The summed E-state index contributed by atoms with van der Waals surface area (Å²) in [6, 6.07) is 4.37. The monoisotopic (exact) mass is 428 g/mol. The van der Waals surface area contributed by atoms with E-state index in [-0.39, 0.29) is 21.4 Å². The summed E-state index contributed by atoms with van der Waals surface area (Å²) < 4.78 is 27.8. The van der Waals surface area contributed by atoms with Gasteiger partial charge in [0, 0.05) is 39.3 Å². The molecule has 2 heterocycles. The fraction of sp³-hybridized carbons (Fsp3) is 0.632. The number of sulfonamides is 1. The van der Waals surface area contributed by atoms with Gasteiger partial charge in [0.15, 0.2) is 0 Å². The van der Waals surface area contributed by atoms with E-state index in [1.807, 2.05) is 12.1 Å². The minimum atomic E-state index is -3.67. The summed E-state index contributed by atoms with van der Waals surface area (Å²) in [7, 11) is -1.63. The minimum absolute atomic E-state index is 0.113. The number of piperidine rings is 1. The van der Waals surface area contributed by atoms with E-state index in [1.54, 1.807) is 0 Å². The van der Waals surface area contributed by atoms with Gasteiger partial charge in [-0.1, -0.05) is 25.4 Å². The molecule has 9 heteroatoms. The normalized spacial score (nSPS) is 25.6. The number of piperazine rings is 1. The lowest BCUT2D eigenvalue weighted by molar-refractivity contribution is 0.0662. The van der Waals surface area contributed by atoms with Crippen molar-refractivity contribution in [1.82, 2.24) is 19.6 Å². The van der Waals surface area contributed by atoms with Gasteiger partial charge >= 0.3 is 0 Å². The number of nitrogens with zero attached hydrogens (tertiary/aromatic N) is 3. The molecule has 156 valence electrons. The summed E-state index contributed by atoms with van der Waals surface area (Å²) >= 11 is 6.22. The van der Waals surface area contributed by atoms with Crippen molar-refractivity contribution in [1.29, 1.82) is 0 Å². The maximum Gasteiger partial charge on any atom is 0.267 e. The lowest BCUT2D eigenvalue weighted by Crippen LogP contribution is -2.52. The largest absolute Gasteiger partial charge is 0.304 e. The number of likely N-dealkylation sites (N-methyl/N-ethyl adjacent to an activating group) is 1. The van der Waals surface area contributed by atoms with E-state index >= 15 is 0 Å². The summed E-state index contributed by atoms with van der Waals surface area (Å²) in [5, 5.41) is 2.08. The molecule has 2 aliphatic heterocycles. The Morgan fingerprint density at radius 2 is 1.71 bits per heavy atom. The molecule has 0 aromatic heterocycles. The number of hydrogen-bond acceptors (Lipinski definition) is 5. The van der Waals surface area contributed by atoms with Crippen LogP contribution in [0.25, 0.3) is 0 Å². The third-order valence-corrected chi connectivity index (χ3v) is 7.58. The van der Waals surface area contributed by atoms with Crippen molar-refractivity contribution >= 4 is 27.5 Å². The zero-order chi connectivity index (χ0) is 20.5. The van der Waals surface area contributed by atoms with Crippen LogP contribution in [0.1, 0.15) is 30.6 Å². The molecule has 1 N–H and O–H groups in total. The molecule has 0 saturated carbocycles. The Labute approximate surface area is 172 Å². The molecule has 1 amide bonds. The molecule has 2 saturated heterocycles. The maximum atomic E-state index is 13.1. The molecule has 3 rings (SSSR count). The van der Waals surface area contributed by atoms with Gasteiger partial charge in [-0.15, -0.1) is 0 Å². The first kappa shape index (κ1) is 21.5. The molecule has 0 spiro atoms. The van der Waals surface area contributed by atoms with Gasteiger partial charge in [-0.2, -0.15) is 4.31 Å². The number of halogens is 1. The van der Waals surface area contributed by atoms with Gasteiger partial charge in [0.1, 0.15) is 0 Å². The Kier molecular flexibility index (Phi) is 6.66. The van der Waals surface area contributed by atoms with Crippen molar-refractivity contribution in [3.8, 4) is 0 Å². The number of nitrogens with one attached hydrogen (secondary N) is 1. The van der Waals surface area contributed by atoms with Crippen LogP contribution in [0, 0.1) is 11.8 Å². The van der Waals surface area contributed by atoms with E-state index in [9.17, 15) is 13.2 Å². The number of carbonyl (C=O) groups excluding carboxylic acids is 1. The van der Waals surface area contributed by atoms with E-state index in [0.717, 1.165) is 19.5 Å². The fourth-order valence-corrected chi connectivity index (χ4v) is 5.82. The molecule has 7 nitrogen and oxygen atoms in total. The van der Waals surface area contributed by atoms with E-state index in [4.69, 9.17) is 11.6 Å². The second-order valence-electron chi connectivity index (χ2n) is 8.14. The van der Waals surface area contributed by atoms with Gasteiger partial charge in [0.2, 0.25) is 10.0 Å². The average molecular weight is 429 g/mol. The van der Waals surface area contributed by atoms with Crippen LogP contribution in [-0.4, -0.2) is 74.9 Å². The number of amides is 1. The Morgan fingerprint density at radius 3 is 2.32 bits per heavy atom. The Hall–Kier alpha value is -1.19. The molecule has 0 bridgehead atoms. The fourth-order valence-electron chi connectivity index (χ4n) is 3.91. The Balaban J connectivity index is 1.79. The molecule has 0 radical (unpaired) electrons. The number of hydrazine groups is 1. The first-order valence-corrected chi connectivity index (χ1v) is 11.5. The molecule has 0 unspecified atom stereocenters. The van der Waals surface area contributed by atoms with Crippen molar-refractivity contribution in [2.75, 3.05) is 46.3 Å². The molecule has 1 aromatic rings. The molecule has 2 aliphatic rings. The first-order valence-electron chi connectivity index (χ1n) is 9.71. The van der Waals surface area contributed by atoms with Crippen LogP contribution >= 0.6 is 11.6 Å². The molecule has 28 heavy (non-hydrogen) atoms. The second-order valence-corrected chi connectivity index (χ2v) is 10.5. The van der Waals surface area contributed by atoms with Crippen LogP contribution in [0.2, 0.25) is 5.02 Å². The molecule has 2 atom stereocenters. The van der Waals surface area contributed by atoms with Crippen LogP contribution in [-0.2, 0) is 10.0 Å². The van der Waals surface area contributed by atoms with E-state index in [1.165, 1.54) is 22.5 Å². The predicted molar refractivity (Wildman–Crippen MR) is 110 cm³/mol. The third-order valence-electron chi connectivity index (χ3n) is 5.42. The van der Waals surface area contributed by atoms with Crippen LogP contribution < -0.4 is 5.43 Å². The quantitative estimate of drug-likeness (QED) is 0.792. The van der Waals surface area contributed by atoms with Crippen molar-refractivity contribution in [3.63, 3.8) is 0 Å². The summed E-state index contributed by atoms with van der Waals surface area (Å²) in [6.07, 6.45) is 1.02. The maximum absolute atomic E-state index is 13.1. The molecular formula is C19H29ClN4O3S. The van der Waals surface area contributed by atoms with Gasteiger partial charge in [-0.25, -0.2) is 13.4 Å². The molecule has 0 aliphatic carbocycles. The van der Waals surface area contributed by atoms with Gasteiger partial charge in [-0.05, 0) is 43.5 Å². The summed E-state index contributed by atoms with van der Waals surface area (Å²) in [5.41, 5.74) is 3.02. The van der Waals surface area contributed by atoms with E-state index < -0.39 is 10.0 Å². The van der Waals surface area contributed by atoms with Crippen molar-refractivity contribution in [2.45, 2.75) is 25.2 Å². The highest BCUT2D eigenvalue weighted by Crippen LogP contribution is 2.28. The van der Waals surface area contributed by atoms with Gasteiger partial charge < -0.3 is 4.90 Å². The standard InChI is InChI=1S/C19H29ClN4O3S/c1-14-10-15(2)13-24(12-14)28(26,27)16-4-5-18(20)17(11-16)19(25)21-23-8-6-22(3)7-9-23/h4-5,11,14-15H,6-10,12-13H2,1-3H3,(H,21,25)/t14-,15-/m1/s1. The smallest absolute Gasteiger partial charge is 0.267 e. The van der Waals surface area contributed by atoms with Gasteiger partial charge in [0.25, 0.3) is 5.91 Å². The van der Waals surface area contributed by atoms with Crippen LogP contribution in [0.5, 0.6) is 0 Å². The lowest BCUT2D eigenvalue weighted by atomic mass is 9.94. The van der Waals surface area contributed by atoms with Crippen molar-refractivity contribution in [3.05, 3.63) is 28.8 Å².